The van der Waals surface area contributed by atoms with E-state index in [9.17, 15) is 26.3 Å². The molecule has 56 heavy (non-hydrogen) atoms. The minimum atomic E-state index is -4.76. The highest BCUT2D eigenvalue weighted by molar-refractivity contribution is 6.12. The van der Waals surface area contributed by atoms with Crippen molar-refractivity contribution >= 4 is 43.6 Å². The number of hydrogen-bond acceptors (Lipinski definition) is 0. The van der Waals surface area contributed by atoms with Crippen LogP contribution >= 0.6 is 0 Å². The zero-order chi connectivity index (χ0) is 40.3. The molecule has 0 aliphatic carbocycles. The van der Waals surface area contributed by atoms with Crippen molar-refractivity contribution in [2.45, 2.75) is 78.6 Å². The van der Waals surface area contributed by atoms with E-state index < -0.39 is 23.5 Å². The molecule has 2 nitrogen and oxygen atoms in total. The Morgan fingerprint density at radius 2 is 0.661 bits per heavy atom. The van der Waals surface area contributed by atoms with Crippen molar-refractivity contribution in [3.8, 4) is 22.5 Å². The Morgan fingerprint density at radius 3 is 0.982 bits per heavy atom. The van der Waals surface area contributed by atoms with E-state index in [1.807, 2.05) is 83.6 Å². The maximum Gasteiger partial charge on any atom is 0.416 e. The molecule has 0 saturated heterocycles. The second-order valence-corrected chi connectivity index (χ2v) is 17.1. The number of alkyl halides is 6. The van der Waals surface area contributed by atoms with Crippen LogP contribution in [0.25, 0.3) is 66.1 Å². The number of benzene rings is 6. The lowest BCUT2D eigenvalue weighted by atomic mass is 9.85. The van der Waals surface area contributed by atoms with Gasteiger partial charge in [-0.1, -0.05) is 76.9 Å². The molecular weight excluding hydrogens is 719 g/mol. The van der Waals surface area contributed by atoms with Gasteiger partial charge in [0.05, 0.1) is 44.6 Å². The molecule has 0 spiro atoms. The van der Waals surface area contributed by atoms with Crippen molar-refractivity contribution in [3.63, 3.8) is 0 Å². The van der Waals surface area contributed by atoms with Crippen molar-refractivity contribution in [2.75, 3.05) is 0 Å². The molecule has 8 aromatic rings. The van der Waals surface area contributed by atoms with Crippen LogP contribution < -0.4 is 0 Å². The fourth-order valence-corrected chi connectivity index (χ4v) is 7.97. The van der Waals surface area contributed by atoms with Gasteiger partial charge < -0.3 is 9.13 Å². The van der Waals surface area contributed by atoms with E-state index in [1.54, 1.807) is 0 Å². The summed E-state index contributed by atoms with van der Waals surface area (Å²) in [6.45, 7) is 16.7. The summed E-state index contributed by atoms with van der Waals surface area (Å²) < 4.78 is 92.0. The van der Waals surface area contributed by atoms with Gasteiger partial charge in [0, 0.05) is 32.7 Å². The minimum absolute atomic E-state index is 0.0218. The van der Waals surface area contributed by atoms with Gasteiger partial charge in [-0.25, -0.2) is 0 Å². The number of rotatable bonds is 3. The third-order valence-electron chi connectivity index (χ3n) is 11.0. The van der Waals surface area contributed by atoms with Crippen molar-refractivity contribution in [1.29, 1.82) is 0 Å². The third-order valence-corrected chi connectivity index (χ3v) is 11.0. The first-order chi connectivity index (χ1) is 26.1. The van der Waals surface area contributed by atoms with Crippen LogP contribution in [0.5, 0.6) is 0 Å². The molecule has 6 aromatic carbocycles. The number of nitrogens with zero attached hydrogens (tertiary/aromatic N) is 2. The molecule has 0 unspecified atom stereocenters. The second-order valence-electron chi connectivity index (χ2n) is 17.1. The van der Waals surface area contributed by atoms with Gasteiger partial charge in [0.25, 0.3) is 0 Å². The lowest BCUT2D eigenvalue weighted by Gasteiger charge is -2.22. The van der Waals surface area contributed by atoms with Gasteiger partial charge in [-0.3, -0.25) is 0 Å². The first-order valence-corrected chi connectivity index (χ1v) is 18.7. The Hall–Kier alpha value is -5.50. The lowest BCUT2D eigenvalue weighted by molar-refractivity contribution is -0.138. The average Bonchev–Trinajstić information content (AvgIpc) is 3.60. The zero-order valence-electron chi connectivity index (χ0n) is 32.6. The molecule has 0 aliphatic heterocycles. The van der Waals surface area contributed by atoms with Gasteiger partial charge in [-0.15, -0.1) is 0 Å². The predicted molar refractivity (Wildman–Crippen MR) is 217 cm³/mol. The molecule has 0 amide bonds. The van der Waals surface area contributed by atoms with Gasteiger partial charge >= 0.3 is 12.4 Å². The molecule has 0 aliphatic rings. The third kappa shape index (κ3) is 6.23. The van der Waals surface area contributed by atoms with Crippen molar-refractivity contribution in [3.05, 3.63) is 143 Å². The number of halogens is 6. The first kappa shape index (κ1) is 37.4. The Morgan fingerprint density at radius 1 is 0.357 bits per heavy atom. The van der Waals surface area contributed by atoms with Crippen molar-refractivity contribution in [1.82, 2.24) is 9.13 Å². The van der Waals surface area contributed by atoms with Crippen LogP contribution in [-0.4, -0.2) is 9.13 Å². The Labute approximate surface area is 322 Å². The summed E-state index contributed by atoms with van der Waals surface area (Å²) in [6, 6.07) is 30.8. The number of hydrogen-bond donors (Lipinski definition) is 0. The zero-order valence-corrected chi connectivity index (χ0v) is 32.6. The summed E-state index contributed by atoms with van der Waals surface area (Å²) in [5, 5.41) is 3.60. The molecule has 8 heteroatoms. The van der Waals surface area contributed by atoms with Crippen LogP contribution in [0, 0.1) is 13.8 Å². The minimum Gasteiger partial charge on any atom is -0.309 e. The molecule has 286 valence electrons. The highest BCUT2D eigenvalue weighted by atomic mass is 19.4. The highest BCUT2D eigenvalue weighted by Gasteiger charge is 2.35. The average molecular weight is 761 g/mol. The quantitative estimate of drug-likeness (QED) is 0.159. The van der Waals surface area contributed by atoms with E-state index in [-0.39, 0.29) is 22.0 Å². The number of aromatic nitrogens is 2. The fraction of sp³-hybridized carbons (Fsp3) is 0.250. The lowest BCUT2D eigenvalue weighted by Crippen LogP contribution is -2.11. The van der Waals surface area contributed by atoms with Crippen LogP contribution in [0.2, 0.25) is 0 Å². The van der Waals surface area contributed by atoms with Crippen molar-refractivity contribution in [2.24, 2.45) is 0 Å². The Kier molecular flexibility index (Phi) is 8.36. The molecule has 0 fully saturated rings. The van der Waals surface area contributed by atoms with Crippen LogP contribution in [0.4, 0.5) is 26.3 Å². The molecule has 0 bridgehead atoms. The van der Waals surface area contributed by atoms with E-state index in [2.05, 4.69) is 53.7 Å². The summed E-state index contributed by atoms with van der Waals surface area (Å²) in [4.78, 5) is 0. The van der Waals surface area contributed by atoms with Gasteiger partial charge in [0.2, 0.25) is 0 Å². The SMILES string of the molecule is Cc1ccc2c(c1)c1cc(C)ccc1n2-c1ccc(C(F)(F)F)cc1-c1cc(C(F)(F)F)ccc1-n1c2ccc(C(C)(C)C)cc2c2cc(C(C)(C)C)ccc21. The topological polar surface area (TPSA) is 9.86 Å². The molecule has 8 rings (SSSR count). The predicted octanol–water partition coefficient (Wildman–Crippen LogP) is 14.8. The van der Waals surface area contributed by atoms with Gasteiger partial charge in [0.1, 0.15) is 0 Å². The summed E-state index contributed by atoms with van der Waals surface area (Å²) in [7, 11) is 0. The molecular formula is C48H42F6N2. The molecule has 2 heterocycles. The monoisotopic (exact) mass is 760 g/mol. The van der Waals surface area contributed by atoms with Gasteiger partial charge in [-0.2, -0.15) is 26.3 Å². The summed E-state index contributed by atoms with van der Waals surface area (Å²) >= 11 is 0. The van der Waals surface area contributed by atoms with E-state index in [4.69, 9.17) is 0 Å². The number of aryl methyl sites for hydroxylation is 2. The van der Waals surface area contributed by atoms with Crippen molar-refractivity contribution < 1.29 is 26.3 Å². The molecule has 0 saturated carbocycles. The second kappa shape index (κ2) is 12.5. The van der Waals surface area contributed by atoms with E-state index in [0.29, 0.717) is 11.4 Å². The molecule has 2 aromatic heterocycles. The van der Waals surface area contributed by atoms with Gasteiger partial charge in [-0.05, 0) is 121 Å². The van der Waals surface area contributed by atoms with Crippen LogP contribution in [0.3, 0.4) is 0 Å². The first-order valence-electron chi connectivity index (χ1n) is 18.7. The van der Waals surface area contributed by atoms with E-state index >= 15 is 0 Å². The summed E-state index contributed by atoms with van der Waals surface area (Å²) in [5.41, 5.74) is 5.47. The molecule has 0 radical (unpaired) electrons. The molecule has 0 N–H and O–H groups in total. The largest absolute Gasteiger partial charge is 0.416 e. The summed E-state index contributed by atoms with van der Waals surface area (Å²) in [6.07, 6.45) is -9.52. The fourth-order valence-electron chi connectivity index (χ4n) is 7.97. The smallest absolute Gasteiger partial charge is 0.309 e. The van der Waals surface area contributed by atoms with Gasteiger partial charge in [0.15, 0.2) is 0 Å². The highest BCUT2D eigenvalue weighted by Crippen LogP contribution is 2.46. The van der Waals surface area contributed by atoms with Crippen LogP contribution in [0.15, 0.2) is 109 Å². The van der Waals surface area contributed by atoms with E-state index in [1.165, 1.54) is 12.1 Å². The standard InChI is InChI=1S/C48H42F6N2/c1-27-9-15-39-33(21-27)34-22-28(2)10-16-40(34)55(39)43-19-13-31(47(49,50)51)25-37(43)38-26-32(48(52,53)54)14-20-44(38)56-41-17-11-29(45(3,4)5)23-35(41)36-24-30(46(6,7)8)12-18-42(36)56/h9-26H,1-8H3. The maximum atomic E-state index is 14.7. The molecule has 0 atom stereocenters. The Bertz CT molecular complexity index is 2740. The van der Waals surface area contributed by atoms with Crippen LogP contribution in [-0.2, 0) is 23.2 Å². The number of fused-ring (bicyclic) bond motifs is 6. The van der Waals surface area contributed by atoms with Crippen LogP contribution in [0.1, 0.15) is 74.9 Å². The maximum absolute atomic E-state index is 14.7. The Balaban J connectivity index is 1.54. The van der Waals surface area contributed by atoms with E-state index in [0.717, 1.165) is 90.1 Å². The summed E-state index contributed by atoms with van der Waals surface area (Å²) in [5.74, 6) is 0. The normalized spacial score (nSPS) is 13.2.